The number of benzene rings is 1. The molecule has 0 aromatic heterocycles. The number of aryl methyl sites for hydroxylation is 1. The Morgan fingerprint density at radius 2 is 1.88 bits per heavy atom. The van der Waals surface area contributed by atoms with Crippen molar-refractivity contribution in [2.45, 2.75) is 13.8 Å². The molecule has 7 heteroatoms. The Labute approximate surface area is 92.3 Å². The number of carbonyl (C=O) groups is 1. The molecule has 0 aliphatic rings. The molecule has 16 heavy (non-hydrogen) atoms. The predicted octanol–water partition coefficient (Wildman–Crippen LogP) is 1.97. The van der Waals surface area contributed by atoms with E-state index in [0.717, 1.165) is 12.5 Å². The van der Waals surface area contributed by atoms with Crippen LogP contribution in [0.15, 0.2) is 24.3 Å². The summed E-state index contributed by atoms with van der Waals surface area (Å²) in [6, 6.07) is 6.38. The van der Waals surface area contributed by atoms with Crippen molar-refractivity contribution in [3.63, 3.8) is 0 Å². The van der Waals surface area contributed by atoms with Gasteiger partial charge in [0.15, 0.2) is 0 Å². The first kappa shape index (κ1) is 12.7. The van der Waals surface area contributed by atoms with Crippen molar-refractivity contribution >= 4 is 13.8 Å². The maximum atomic E-state index is 11.2. The summed E-state index contributed by atoms with van der Waals surface area (Å²) in [5.74, 6) is -0.703. The molecule has 88 valence electrons. The first-order valence-electron chi connectivity index (χ1n) is 4.35. The van der Waals surface area contributed by atoms with E-state index in [2.05, 4.69) is 14.1 Å². The molecule has 1 aromatic carbocycles. The summed E-state index contributed by atoms with van der Waals surface area (Å²) in [6.07, 6.45) is 0. The molecule has 0 saturated carbocycles. The van der Waals surface area contributed by atoms with Crippen LogP contribution in [0.25, 0.3) is 0 Å². The number of phosphoric ester groups is 1. The van der Waals surface area contributed by atoms with E-state index in [1.54, 1.807) is 12.1 Å². The van der Waals surface area contributed by atoms with Gasteiger partial charge in [0, 0.05) is 6.92 Å². The smallest absolute Gasteiger partial charge is 0.402 e. The zero-order chi connectivity index (χ0) is 12.2. The van der Waals surface area contributed by atoms with E-state index in [0.29, 0.717) is 0 Å². The quantitative estimate of drug-likeness (QED) is 0.496. The molecule has 1 unspecified atom stereocenters. The van der Waals surface area contributed by atoms with Crippen LogP contribution in [-0.4, -0.2) is 10.9 Å². The Morgan fingerprint density at radius 3 is 2.38 bits per heavy atom. The second kappa shape index (κ2) is 5.12. The Kier molecular flexibility index (Phi) is 4.06. The van der Waals surface area contributed by atoms with Crippen molar-refractivity contribution < 1.29 is 28.3 Å². The summed E-state index contributed by atoms with van der Waals surface area (Å²) in [5.41, 5.74) is 0.973. The minimum Gasteiger partial charge on any atom is -0.402 e. The lowest BCUT2D eigenvalue weighted by Gasteiger charge is -2.10. The minimum atomic E-state index is -4.43. The van der Waals surface area contributed by atoms with Crippen LogP contribution in [-0.2, 0) is 18.9 Å². The lowest BCUT2D eigenvalue weighted by molar-refractivity contribution is -0.218. The van der Waals surface area contributed by atoms with E-state index in [1.165, 1.54) is 12.1 Å². The van der Waals surface area contributed by atoms with Gasteiger partial charge in [0.05, 0.1) is 0 Å². The molecule has 0 amide bonds. The first-order chi connectivity index (χ1) is 7.39. The monoisotopic (exact) mass is 246 g/mol. The first-order valence-corrected chi connectivity index (χ1v) is 5.84. The summed E-state index contributed by atoms with van der Waals surface area (Å²) in [7, 11) is -4.43. The third kappa shape index (κ3) is 4.44. The Morgan fingerprint density at radius 1 is 1.31 bits per heavy atom. The fraction of sp³-hybridized carbons (Fsp3) is 0.222. The van der Waals surface area contributed by atoms with Crippen molar-refractivity contribution in [1.82, 2.24) is 0 Å². The molecule has 0 radical (unpaired) electrons. The van der Waals surface area contributed by atoms with Gasteiger partial charge in [-0.15, -0.1) is 0 Å². The number of phosphoric acid groups is 1. The summed E-state index contributed by atoms with van der Waals surface area (Å²) in [4.78, 5) is 23.4. The van der Waals surface area contributed by atoms with Crippen LogP contribution in [0, 0.1) is 6.92 Å². The largest absolute Gasteiger partial charge is 0.564 e. The van der Waals surface area contributed by atoms with Crippen molar-refractivity contribution in [2.75, 3.05) is 0 Å². The van der Waals surface area contributed by atoms with Gasteiger partial charge in [0.25, 0.3) is 0 Å². The lowest BCUT2D eigenvalue weighted by atomic mass is 10.2. The van der Waals surface area contributed by atoms with Gasteiger partial charge in [-0.3, -0.25) is 9.78 Å². The number of carbonyl (C=O) groups excluding carboxylic acids is 1. The molecule has 1 N–H and O–H groups in total. The molecule has 0 fully saturated rings. The summed E-state index contributed by atoms with van der Waals surface area (Å²) in [6.45, 7) is 2.89. The van der Waals surface area contributed by atoms with Gasteiger partial charge >= 0.3 is 13.8 Å². The molecule has 6 nitrogen and oxygen atoms in total. The van der Waals surface area contributed by atoms with Gasteiger partial charge in [-0.25, -0.2) is 9.36 Å². The Balaban J connectivity index is 2.61. The molecule has 0 aliphatic carbocycles. The third-order valence-corrected chi connectivity index (χ3v) is 2.20. The standard InChI is InChI=1S/C9H11O6P/c1-7-3-5-9(6-4-7)14-16(11,12)15-13-8(2)10/h3-6H,1-2H3,(H,11,12). The van der Waals surface area contributed by atoms with Gasteiger partial charge < -0.3 is 4.52 Å². The molecule has 0 saturated heterocycles. The Bertz CT molecular complexity index is 413. The highest BCUT2D eigenvalue weighted by Crippen LogP contribution is 2.43. The minimum absolute atomic E-state index is 0.142. The highest BCUT2D eigenvalue weighted by atomic mass is 31.2. The van der Waals surface area contributed by atoms with Crippen LogP contribution in [0.5, 0.6) is 5.75 Å². The normalized spacial score (nSPS) is 13.9. The second-order valence-corrected chi connectivity index (χ2v) is 4.29. The van der Waals surface area contributed by atoms with E-state index in [9.17, 15) is 9.36 Å². The van der Waals surface area contributed by atoms with Crippen LogP contribution < -0.4 is 4.52 Å². The van der Waals surface area contributed by atoms with E-state index >= 15 is 0 Å². The molecule has 0 bridgehead atoms. The van der Waals surface area contributed by atoms with Crippen molar-refractivity contribution in [3.05, 3.63) is 29.8 Å². The highest BCUT2D eigenvalue weighted by Gasteiger charge is 2.26. The maximum absolute atomic E-state index is 11.2. The molecular weight excluding hydrogens is 235 g/mol. The third-order valence-electron chi connectivity index (χ3n) is 1.49. The summed E-state index contributed by atoms with van der Waals surface area (Å²) in [5, 5.41) is 0. The van der Waals surface area contributed by atoms with Crippen molar-refractivity contribution in [1.29, 1.82) is 0 Å². The van der Waals surface area contributed by atoms with Gasteiger partial charge in [0.1, 0.15) is 5.75 Å². The maximum Gasteiger partial charge on any atom is 0.564 e. The van der Waals surface area contributed by atoms with Crippen molar-refractivity contribution in [2.24, 2.45) is 0 Å². The van der Waals surface area contributed by atoms with Gasteiger partial charge in [-0.2, -0.15) is 0 Å². The highest BCUT2D eigenvalue weighted by molar-refractivity contribution is 7.47. The van der Waals surface area contributed by atoms with Gasteiger partial charge in [0.2, 0.25) is 0 Å². The summed E-state index contributed by atoms with van der Waals surface area (Å²) < 4.78 is 19.8. The molecular formula is C9H11O6P. The van der Waals surface area contributed by atoms with Gasteiger partial charge in [-0.05, 0) is 19.1 Å². The van der Waals surface area contributed by atoms with Crippen LogP contribution in [0.1, 0.15) is 12.5 Å². The molecule has 1 aromatic rings. The molecule has 0 spiro atoms. The van der Waals surface area contributed by atoms with Crippen LogP contribution in [0.4, 0.5) is 0 Å². The average Bonchev–Trinajstić information content (AvgIpc) is 2.19. The second-order valence-electron chi connectivity index (χ2n) is 3.02. The van der Waals surface area contributed by atoms with Crippen LogP contribution >= 0.6 is 7.82 Å². The number of hydrogen-bond donors (Lipinski definition) is 1. The zero-order valence-corrected chi connectivity index (χ0v) is 9.64. The Hall–Kier alpha value is -1.36. The topological polar surface area (TPSA) is 82.1 Å². The fourth-order valence-corrected chi connectivity index (χ4v) is 1.46. The van der Waals surface area contributed by atoms with E-state index in [-0.39, 0.29) is 5.75 Å². The average molecular weight is 246 g/mol. The lowest BCUT2D eigenvalue weighted by Crippen LogP contribution is -2.02. The number of rotatable bonds is 4. The molecule has 1 atom stereocenters. The molecule has 1 rings (SSSR count). The van der Waals surface area contributed by atoms with E-state index in [4.69, 9.17) is 4.89 Å². The van der Waals surface area contributed by atoms with Gasteiger partial charge in [-0.1, -0.05) is 22.4 Å². The van der Waals surface area contributed by atoms with Crippen LogP contribution in [0.2, 0.25) is 0 Å². The zero-order valence-electron chi connectivity index (χ0n) is 8.75. The van der Waals surface area contributed by atoms with E-state index in [1.807, 2.05) is 6.92 Å². The predicted molar refractivity (Wildman–Crippen MR) is 54.5 cm³/mol. The number of hydrogen-bond acceptors (Lipinski definition) is 5. The SMILES string of the molecule is CC(=O)OOP(=O)(O)Oc1ccc(C)cc1. The molecule has 0 aliphatic heterocycles. The fourth-order valence-electron chi connectivity index (χ4n) is 0.847. The van der Waals surface area contributed by atoms with Crippen LogP contribution in [0.3, 0.4) is 0 Å². The van der Waals surface area contributed by atoms with Crippen molar-refractivity contribution in [3.8, 4) is 5.75 Å². The van der Waals surface area contributed by atoms with E-state index < -0.39 is 13.8 Å². The summed E-state index contributed by atoms with van der Waals surface area (Å²) >= 11 is 0. The molecule has 0 heterocycles.